The number of aliphatic hydroxyl groups is 1. The molecule has 0 spiro atoms. The van der Waals surface area contributed by atoms with Crippen molar-refractivity contribution in [2.24, 2.45) is 0 Å². The Bertz CT molecular complexity index is 1060. The number of carbonyl (C=O) groups is 1. The summed E-state index contributed by atoms with van der Waals surface area (Å²) >= 11 is 0. The van der Waals surface area contributed by atoms with Crippen LogP contribution in [0.3, 0.4) is 0 Å². The van der Waals surface area contributed by atoms with Gasteiger partial charge in [0.25, 0.3) is 5.91 Å². The molecule has 1 saturated carbocycles. The molecular weight excluding hydrogens is 400 g/mol. The molecule has 1 aliphatic carbocycles. The van der Waals surface area contributed by atoms with Gasteiger partial charge in [0.1, 0.15) is 0 Å². The molecule has 2 atom stereocenters. The average Bonchev–Trinajstić information content (AvgIpc) is 3.13. The largest absolute Gasteiger partial charge is 0.393 e. The Balaban J connectivity index is 1.59. The zero-order valence-corrected chi connectivity index (χ0v) is 19.1. The summed E-state index contributed by atoms with van der Waals surface area (Å²) in [5.74, 6) is 0.0524. The number of aromatic nitrogens is 1. The minimum absolute atomic E-state index is 0.0524. The van der Waals surface area contributed by atoms with Gasteiger partial charge in [-0.25, -0.2) is 0 Å². The Morgan fingerprint density at radius 1 is 1.28 bits per heavy atom. The van der Waals surface area contributed by atoms with Crippen LogP contribution < -0.4 is 5.32 Å². The van der Waals surface area contributed by atoms with Crippen LogP contribution in [0.1, 0.15) is 69.6 Å². The van der Waals surface area contributed by atoms with Crippen molar-refractivity contribution in [3.05, 3.63) is 69.7 Å². The fraction of sp³-hybridized carbons (Fsp3) is 0.423. The van der Waals surface area contributed by atoms with E-state index >= 15 is 0 Å². The lowest BCUT2D eigenvalue weighted by atomic mass is 9.91. The molecule has 0 unspecified atom stereocenters. The maximum absolute atomic E-state index is 13.3. The number of carbonyl (C=O) groups excluding carboxylic acids is 1. The Morgan fingerprint density at radius 2 is 2.06 bits per heavy atom. The van der Waals surface area contributed by atoms with E-state index in [1.54, 1.807) is 13.2 Å². The number of fused-ring (bicyclic) bond motifs is 1. The van der Waals surface area contributed by atoms with Crippen LogP contribution in [-0.4, -0.2) is 46.3 Å². The van der Waals surface area contributed by atoms with Crippen molar-refractivity contribution < 1.29 is 9.90 Å². The molecule has 32 heavy (non-hydrogen) atoms. The first kappa shape index (κ1) is 22.2. The fourth-order valence-corrected chi connectivity index (χ4v) is 5.00. The van der Waals surface area contributed by atoms with E-state index in [4.69, 9.17) is 5.41 Å². The Labute approximate surface area is 189 Å². The number of nitrogens with zero attached hydrogens (tertiary/aromatic N) is 2. The molecule has 4 rings (SSSR count). The lowest BCUT2D eigenvalue weighted by Gasteiger charge is -2.35. The van der Waals surface area contributed by atoms with E-state index in [-0.39, 0.29) is 11.9 Å². The van der Waals surface area contributed by atoms with Crippen molar-refractivity contribution in [1.82, 2.24) is 15.2 Å². The molecule has 0 bridgehead atoms. The lowest BCUT2D eigenvalue weighted by Crippen LogP contribution is -2.45. The summed E-state index contributed by atoms with van der Waals surface area (Å²) in [6, 6.07) is 5.94. The highest BCUT2D eigenvalue weighted by Crippen LogP contribution is 2.35. The smallest absolute Gasteiger partial charge is 0.254 e. The zero-order valence-electron chi connectivity index (χ0n) is 19.1. The Morgan fingerprint density at radius 3 is 2.72 bits per heavy atom. The van der Waals surface area contributed by atoms with Crippen LogP contribution >= 0.6 is 0 Å². The molecule has 2 aromatic rings. The maximum atomic E-state index is 13.3. The van der Waals surface area contributed by atoms with Gasteiger partial charge < -0.3 is 20.7 Å². The highest BCUT2D eigenvalue weighted by molar-refractivity contribution is 6.07. The van der Waals surface area contributed by atoms with E-state index in [1.165, 1.54) is 17.3 Å². The summed E-state index contributed by atoms with van der Waals surface area (Å²) in [5, 5.41) is 21.0. The van der Waals surface area contributed by atoms with Crippen LogP contribution in [0.5, 0.6) is 0 Å². The summed E-state index contributed by atoms with van der Waals surface area (Å²) in [4.78, 5) is 19.7. The van der Waals surface area contributed by atoms with E-state index in [9.17, 15) is 9.90 Å². The number of allylic oxidation sites excluding steroid dienone is 1. The summed E-state index contributed by atoms with van der Waals surface area (Å²) < 4.78 is 0. The van der Waals surface area contributed by atoms with Crippen LogP contribution in [0, 0.1) is 19.3 Å². The molecule has 0 radical (unpaired) electrons. The Hall–Kier alpha value is -2.99. The van der Waals surface area contributed by atoms with Crippen LogP contribution in [-0.2, 0) is 13.0 Å². The van der Waals surface area contributed by atoms with Gasteiger partial charge in [-0.05, 0) is 73.1 Å². The molecule has 6 nitrogen and oxygen atoms in total. The van der Waals surface area contributed by atoms with Crippen LogP contribution in [0.25, 0.3) is 5.57 Å². The molecule has 168 valence electrons. The van der Waals surface area contributed by atoms with Crippen molar-refractivity contribution in [2.45, 2.75) is 64.6 Å². The van der Waals surface area contributed by atoms with E-state index in [0.29, 0.717) is 13.0 Å². The molecule has 6 heteroatoms. The standard InChI is InChI=1S/C26H32N4O2/c1-16-17(2)22-15-30(24-6-4-5-7-25(24)31)26(32)21(22)11-19(16)10-18-8-9-23(29-13-18)20(12-27)14-28-3/h8-9,11-14,24-25,27-28,31H,4-7,10,15H2,1-3H3/b20-14+,27-12?/t24-,25-/m0/s1. The quantitative estimate of drug-likeness (QED) is 0.607. The van der Waals surface area contributed by atoms with Crippen molar-refractivity contribution >= 4 is 17.7 Å². The van der Waals surface area contributed by atoms with E-state index in [2.05, 4.69) is 24.1 Å². The first-order valence-corrected chi connectivity index (χ1v) is 11.4. The first-order chi connectivity index (χ1) is 15.4. The third kappa shape index (κ3) is 4.07. The number of hydrogen-bond acceptors (Lipinski definition) is 5. The summed E-state index contributed by atoms with van der Waals surface area (Å²) in [6.45, 7) is 4.83. The van der Waals surface area contributed by atoms with Gasteiger partial charge in [0.15, 0.2) is 0 Å². The number of pyridine rings is 1. The number of hydrogen-bond donors (Lipinski definition) is 3. The Kier molecular flexibility index (Phi) is 6.42. The highest BCUT2D eigenvalue weighted by atomic mass is 16.3. The molecule has 1 fully saturated rings. The first-order valence-electron chi connectivity index (χ1n) is 11.4. The topological polar surface area (TPSA) is 89.3 Å². The second kappa shape index (κ2) is 9.25. The number of rotatable bonds is 6. The summed E-state index contributed by atoms with van der Waals surface area (Å²) in [7, 11) is 1.80. The molecule has 2 heterocycles. The molecule has 0 saturated heterocycles. The van der Waals surface area contributed by atoms with Gasteiger partial charge in [0.2, 0.25) is 0 Å². The molecule has 3 N–H and O–H groups in total. The SMILES string of the molecule is CN/C=C(\C=N)c1ccc(Cc2cc3c(c(C)c2C)CN([C@H]2CCCC[C@@H]2O)C3=O)cn1. The maximum Gasteiger partial charge on any atom is 0.254 e. The minimum atomic E-state index is -0.421. The van der Waals surface area contributed by atoms with Gasteiger partial charge in [-0.3, -0.25) is 9.78 Å². The van der Waals surface area contributed by atoms with Crippen molar-refractivity contribution in [3.8, 4) is 0 Å². The predicted octanol–water partition coefficient (Wildman–Crippen LogP) is 3.76. The van der Waals surface area contributed by atoms with E-state index < -0.39 is 6.10 Å². The monoisotopic (exact) mass is 432 g/mol. The van der Waals surface area contributed by atoms with E-state index in [0.717, 1.165) is 59.2 Å². The molecule has 1 aromatic carbocycles. The van der Waals surface area contributed by atoms with Gasteiger partial charge in [-0.15, -0.1) is 0 Å². The highest BCUT2D eigenvalue weighted by Gasteiger charge is 2.38. The zero-order chi connectivity index (χ0) is 22.8. The summed E-state index contributed by atoms with van der Waals surface area (Å²) in [5.41, 5.74) is 7.94. The van der Waals surface area contributed by atoms with Gasteiger partial charge >= 0.3 is 0 Å². The van der Waals surface area contributed by atoms with Gasteiger partial charge in [0, 0.05) is 43.3 Å². The minimum Gasteiger partial charge on any atom is -0.393 e. The van der Waals surface area contributed by atoms with Crippen LogP contribution in [0.15, 0.2) is 30.6 Å². The van der Waals surface area contributed by atoms with Gasteiger partial charge in [-0.2, -0.15) is 0 Å². The third-order valence-electron chi connectivity index (χ3n) is 7.02. The lowest BCUT2D eigenvalue weighted by molar-refractivity contribution is 0.0191. The molecule has 2 aliphatic rings. The molecule has 1 amide bonds. The fourth-order valence-electron chi connectivity index (χ4n) is 5.00. The average molecular weight is 433 g/mol. The second-order valence-corrected chi connectivity index (χ2v) is 8.93. The molecule has 1 aliphatic heterocycles. The number of benzene rings is 1. The number of aliphatic hydroxyl groups excluding tert-OH is 1. The normalized spacial score (nSPS) is 20.9. The molecular formula is C26H32N4O2. The predicted molar refractivity (Wildman–Crippen MR) is 127 cm³/mol. The molecule has 1 aromatic heterocycles. The second-order valence-electron chi connectivity index (χ2n) is 8.93. The summed E-state index contributed by atoms with van der Waals surface area (Å²) in [6.07, 6.45) is 8.92. The van der Waals surface area contributed by atoms with Gasteiger partial charge in [0.05, 0.1) is 17.8 Å². The van der Waals surface area contributed by atoms with Crippen molar-refractivity contribution in [2.75, 3.05) is 7.05 Å². The van der Waals surface area contributed by atoms with Crippen LogP contribution in [0.4, 0.5) is 0 Å². The number of amides is 1. The van der Waals surface area contributed by atoms with Crippen LogP contribution in [0.2, 0.25) is 0 Å². The third-order valence-corrected chi connectivity index (χ3v) is 7.02. The number of nitrogens with one attached hydrogen (secondary N) is 2. The van der Waals surface area contributed by atoms with Gasteiger partial charge in [-0.1, -0.05) is 18.9 Å². The van der Waals surface area contributed by atoms with Crippen molar-refractivity contribution in [1.29, 1.82) is 5.41 Å². The van der Waals surface area contributed by atoms with E-state index in [1.807, 2.05) is 29.3 Å². The van der Waals surface area contributed by atoms with Crippen molar-refractivity contribution in [3.63, 3.8) is 0 Å².